The van der Waals surface area contributed by atoms with Gasteiger partial charge in [0, 0.05) is 27.9 Å². The first-order valence-electron chi connectivity index (χ1n) is 14.3. The van der Waals surface area contributed by atoms with E-state index >= 15 is 0 Å². The molecule has 236 valence electrons. The van der Waals surface area contributed by atoms with Crippen molar-refractivity contribution in [2.24, 2.45) is 4.99 Å². The summed E-state index contributed by atoms with van der Waals surface area (Å²) in [4.78, 5) is 41.6. The summed E-state index contributed by atoms with van der Waals surface area (Å²) < 4.78 is 11.2. The number of benzodiazepines with no additional fused rings is 1. The van der Waals surface area contributed by atoms with E-state index < -0.39 is 14.4 Å². The van der Waals surface area contributed by atoms with Gasteiger partial charge in [0.1, 0.15) is 35.8 Å². The van der Waals surface area contributed by atoms with Gasteiger partial charge >= 0.3 is 0 Å². The first-order valence-corrected chi connectivity index (χ1v) is 17.9. The number of halogens is 1. The second-order valence-electron chi connectivity index (χ2n) is 11.1. The van der Waals surface area contributed by atoms with Crippen molar-refractivity contribution in [2.45, 2.75) is 32.5 Å². The number of methoxy groups -OCH3 is 1. The molecule has 0 bridgehead atoms. The molecule has 1 aliphatic heterocycles. The average molecular weight is 649 g/mol. The van der Waals surface area contributed by atoms with E-state index in [4.69, 9.17) is 36.9 Å². The number of benzene rings is 3. The first kappa shape index (κ1) is 33.4. The molecule has 3 aromatic rings. The minimum atomic E-state index is -2.39. The number of rotatable bonds is 11. The van der Waals surface area contributed by atoms with E-state index in [-0.39, 0.29) is 49.2 Å². The molecule has 0 aliphatic carbocycles. The molecule has 0 saturated heterocycles. The molecule has 45 heavy (non-hydrogen) atoms. The molecule has 0 fully saturated rings. The number of carbonyl (C=O) groups excluding carboxylic acids is 2. The Bertz CT molecular complexity index is 1610. The van der Waals surface area contributed by atoms with Crippen LogP contribution in [0, 0.1) is 10.8 Å². The number of ether oxygens (including phenoxy) is 2. The van der Waals surface area contributed by atoms with Gasteiger partial charge in [0.15, 0.2) is 0 Å². The number of anilines is 1. The third-order valence-corrected chi connectivity index (χ3v) is 8.16. The van der Waals surface area contributed by atoms with Crippen molar-refractivity contribution in [2.75, 3.05) is 31.3 Å². The van der Waals surface area contributed by atoms with Crippen LogP contribution in [0.25, 0.3) is 0 Å². The van der Waals surface area contributed by atoms with Gasteiger partial charge in [-0.05, 0) is 74.6 Å². The highest BCUT2D eigenvalue weighted by Gasteiger charge is 2.32. The van der Waals surface area contributed by atoms with E-state index in [0.717, 1.165) is 5.56 Å². The second kappa shape index (κ2) is 14.5. The molecule has 1 heterocycles. The molecule has 4 rings (SSSR count). The van der Waals surface area contributed by atoms with Gasteiger partial charge in [0.25, 0.3) is 5.91 Å². The van der Waals surface area contributed by atoms with Crippen LogP contribution in [0.1, 0.15) is 34.8 Å². The molecular formula is C32H37ClN6O5Si. The Labute approximate surface area is 268 Å². The maximum atomic E-state index is 13.1. The predicted molar refractivity (Wildman–Crippen MR) is 179 cm³/mol. The van der Waals surface area contributed by atoms with Crippen LogP contribution in [0.4, 0.5) is 5.69 Å². The quantitative estimate of drug-likeness (QED) is 0.0897. The summed E-state index contributed by atoms with van der Waals surface area (Å²) in [5.74, 6) is 0.629. The highest BCUT2D eigenvalue weighted by atomic mass is 35.5. The molecule has 13 heteroatoms. The van der Waals surface area contributed by atoms with Crippen LogP contribution >= 0.6 is 11.6 Å². The van der Waals surface area contributed by atoms with Gasteiger partial charge in [-0.15, -0.1) is 0 Å². The third-order valence-electron chi connectivity index (χ3n) is 6.86. The van der Waals surface area contributed by atoms with E-state index in [1.54, 1.807) is 75.7 Å². The van der Waals surface area contributed by atoms with Gasteiger partial charge in [-0.3, -0.25) is 30.3 Å². The molecule has 0 radical (unpaired) electrons. The average Bonchev–Trinajstić information content (AvgIpc) is 3.12. The molecule has 0 unspecified atom stereocenters. The number of hydrogen-bond donors (Lipinski definition) is 5. The van der Waals surface area contributed by atoms with Crippen LogP contribution in [0.5, 0.6) is 11.5 Å². The molecule has 0 saturated carbocycles. The van der Waals surface area contributed by atoms with Gasteiger partial charge in [0.05, 0.1) is 31.5 Å². The van der Waals surface area contributed by atoms with Crippen molar-refractivity contribution < 1.29 is 23.9 Å². The topological polar surface area (TPSA) is 160 Å². The minimum absolute atomic E-state index is 0.00157. The number of hydrogen-bond acceptors (Lipinski definition) is 8. The molecule has 5 N–H and O–H groups in total. The summed E-state index contributed by atoms with van der Waals surface area (Å²) in [6, 6.07) is 18.2. The lowest BCUT2D eigenvalue weighted by Gasteiger charge is -2.26. The zero-order valence-electron chi connectivity index (χ0n) is 25.6. The number of nitrogens with one attached hydrogen (secondary N) is 4. The number of amides is 2. The van der Waals surface area contributed by atoms with Crippen molar-refractivity contribution in [3.8, 4) is 11.5 Å². The fraction of sp³-hybridized carbons (Fsp3) is 0.281. The lowest BCUT2D eigenvalue weighted by molar-refractivity contribution is -0.121. The van der Waals surface area contributed by atoms with E-state index in [9.17, 15) is 14.4 Å². The standard InChI is InChI=1S/C32H37ClN6O5Si/c1-20(34)39-28-14-13-25(43-2)17-26(28)30(21-5-9-23(33)10-6-21)38-27(31(39)35)18-29(40)36-15-16-44-24-11-7-22(8-12-24)32(41)37-19-45(3,4)42/h5-14,17,27,34-35,42H,15-16,18-19H2,1-4H3,(H,36,40)(H,37,41)/t27-/m0/s1. The van der Waals surface area contributed by atoms with Crippen molar-refractivity contribution in [3.63, 3.8) is 0 Å². The number of aliphatic imine (C=N–C) groups is 1. The Morgan fingerprint density at radius 3 is 2.33 bits per heavy atom. The van der Waals surface area contributed by atoms with Crippen LogP contribution in [-0.4, -0.2) is 74.8 Å². The Hall–Kier alpha value is -4.52. The zero-order valence-corrected chi connectivity index (χ0v) is 27.4. The Balaban J connectivity index is 1.44. The molecule has 2 amide bonds. The van der Waals surface area contributed by atoms with E-state index in [1.807, 2.05) is 18.2 Å². The first-order chi connectivity index (χ1) is 21.4. The fourth-order valence-corrected chi connectivity index (χ4v) is 5.36. The van der Waals surface area contributed by atoms with Crippen LogP contribution in [0.3, 0.4) is 0 Å². The lowest BCUT2D eigenvalue weighted by Crippen LogP contribution is -2.42. The monoisotopic (exact) mass is 648 g/mol. The van der Waals surface area contributed by atoms with Crippen LogP contribution < -0.4 is 25.0 Å². The van der Waals surface area contributed by atoms with E-state index in [2.05, 4.69) is 10.6 Å². The largest absolute Gasteiger partial charge is 0.497 e. The summed E-state index contributed by atoms with van der Waals surface area (Å²) in [7, 11) is -0.833. The Morgan fingerprint density at radius 1 is 1.04 bits per heavy atom. The van der Waals surface area contributed by atoms with Gasteiger partial charge in [-0.2, -0.15) is 0 Å². The van der Waals surface area contributed by atoms with Gasteiger partial charge in [-0.25, -0.2) is 0 Å². The van der Waals surface area contributed by atoms with Crippen molar-refractivity contribution in [3.05, 3.63) is 88.4 Å². The van der Waals surface area contributed by atoms with Crippen molar-refractivity contribution >= 4 is 54.8 Å². The molecule has 1 atom stereocenters. The molecule has 1 aliphatic rings. The van der Waals surface area contributed by atoms with Gasteiger partial charge < -0.3 is 24.9 Å². The predicted octanol–water partition coefficient (Wildman–Crippen LogP) is 4.40. The van der Waals surface area contributed by atoms with E-state index in [0.29, 0.717) is 39.0 Å². The Kier molecular flexibility index (Phi) is 10.8. The van der Waals surface area contributed by atoms with E-state index in [1.165, 1.54) is 4.90 Å². The molecule has 0 aromatic heterocycles. The highest BCUT2D eigenvalue weighted by Crippen LogP contribution is 2.33. The zero-order chi connectivity index (χ0) is 32.7. The second-order valence-corrected chi connectivity index (χ2v) is 15.5. The number of amidine groups is 2. The minimum Gasteiger partial charge on any atom is -0.497 e. The van der Waals surface area contributed by atoms with Gasteiger partial charge in [0.2, 0.25) is 14.2 Å². The number of nitrogens with zero attached hydrogens (tertiary/aromatic N) is 2. The molecule has 11 nitrogen and oxygen atoms in total. The summed E-state index contributed by atoms with van der Waals surface area (Å²) in [5.41, 5.74) is 2.99. The summed E-state index contributed by atoms with van der Waals surface area (Å²) >= 11 is 6.14. The lowest BCUT2D eigenvalue weighted by atomic mass is 9.99. The molecule has 3 aromatic carbocycles. The summed E-state index contributed by atoms with van der Waals surface area (Å²) in [5, 5.41) is 23.6. The number of carbonyl (C=O) groups is 2. The van der Waals surface area contributed by atoms with Crippen molar-refractivity contribution in [1.29, 1.82) is 10.8 Å². The SMILES string of the molecule is COc1ccc2c(c1)C(c1ccc(Cl)cc1)=N[C@@H](CC(=O)NCCOc1ccc(C(=O)NC[Si](C)(C)O)cc1)C(=N)N2C(C)=N. The fourth-order valence-electron chi connectivity index (χ4n) is 4.64. The molecule has 0 spiro atoms. The summed E-state index contributed by atoms with van der Waals surface area (Å²) in [6.45, 7) is 5.46. The Morgan fingerprint density at radius 2 is 1.71 bits per heavy atom. The van der Waals surface area contributed by atoms with Crippen LogP contribution in [-0.2, 0) is 4.79 Å². The van der Waals surface area contributed by atoms with Crippen LogP contribution in [0.2, 0.25) is 18.1 Å². The third kappa shape index (κ3) is 8.78. The maximum Gasteiger partial charge on any atom is 0.251 e. The maximum absolute atomic E-state index is 13.1. The normalized spacial score (nSPS) is 14.5. The molecular weight excluding hydrogens is 612 g/mol. The highest BCUT2D eigenvalue weighted by molar-refractivity contribution is 6.70. The van der Waals surface area contributed by atoms with Gasteiger partial charge in [-0.1, -0.05) is 23.7 Å². The number of fused-ring (bicyclic) bond motifs is 1. The van der Waals surface area contributed by atoms with Crippen molar-refractivity contribution in [1.82, 2.24) is 10.6 Å². The van der Waals surface area contributed by atoms with Crippen LogP contribution in [0.15, 0.2) is 71.7 Å². The smallest absolute Gasteiger partial charge is 0.251 e. The summed E-state index contributed by atoms with van der Waals surface area (Å²) in [6.07, 6.45) is 0.140.